The standard InChI is InChI=1S/C16H24N4O2/c1-14(2,3)11-18-12(22-19-11)15-8-16(9-15,10-15)13(21)20-6-4-17-5-7-20/h17H,4-10H2,1-3H3. The Morgan fingerprint density at radius 2 is 1.86 bits per heavy atom. The van der Waals surface area contributed by atoms with Crippen molar-refractivity contribution in [1.82, 2.24) is 20.4 Å². The normalized spacial score (nSPS) is 34.0. The molecule has 1 saturated heterocycles. The summed E-state index contributed by atoms with van der Waals surface area (Å²) in [6.45, 7) is 9.74. The SMILES string of the molecule is CC(C)(C)c1noc(C23CC(C(=O)N4CCNCC4)(C2)C3)n1. The Bertz CT molecular complexity index is 590. The molecule has 0 aromatic carbocycles. The van der Waals surface area contributed by atoms with Gasteiger partial charge in [0.25, 0.3) is 0 Å². The number of nitrogens with zero attached hydrogens (tertiary/aromatic N) is 3. The predicted octanol–water partition coefficient (Wildman–Crippen LogP) is 1.22. The Labute approximate surface area is 130 Å². The summed E-state index contributed by atoms with van der Waals surface area (Å²) in [4.78, 5) is 19.3. The second-order valence-electron chi connectivity index (χ2n) is 8.31. The summed E-state index contributed by atoms with van der Waals surface area (Å²) >= 11 is 0. The summed E-state index contributed by atoms with van der Waals surface area (Å²) in [5, 5.41) is 7.42. The molecule has 6 heteroatoms. The van der Waals surface area contributed by atoms with Crippen LogP contribution in [0.5, 0.6) is 0 Å². The van der Waals surface area contributed by atoms with E-state index in [0.717, 1.165) is 57.2 Å². The van der Waals surface area contributed by atoms with E-state index in [0.29, 0.717) is 5.91 Å². The van der Waals surface area contributed by atoms with Crippen LogP contribution in [0, 0.1) is 5.41 Å². The van der Waals surface area contributed by atoms with E-state index in [4.69, 9.17) is 4.52 Å². The minimum Gasteiger partial charge on any atom is -0.340 e. The van der Waals surface area contributed by atoms with Gasteiger partial charge in [0.15, 0.2) is 5.82 Å². The molecule has 5 rings (SSSR count). The molecular formula is C16H24N4O2. The fourth-order valence-corrected chi connectivity index (χ4v) is 4.19. The van der Waals surface area contributed by atoms with Gasteiger partial charge in [-0.25, -0.2) is 0 Å². The second-order valence-corrected chi connectivity index (χ2v) is 8.31. The second kappa shape index (κ2) is 4.31. The van der Waals surface area contributed by atoms with E-state index in [1.54, 1.807) is 0 Å². The highest BCUT2D eigenvalue weighted by Gasteiger charge is 2.75. The Morgan fingerprint density at radius 1 is 1.23 bits per heavy atom. The maximum Gasteiger partial charge on any atom is 0.232 e. The first-order chi connectivity index (χ1) is 10.3. The van der Waals surface area contributed by atoms with Gasteiger partial charge in [-0.3, -0.25) is 4.79 Å². The van der Waals surface area contributed by atoms with E-state index in [9.17, 15) is 4.79 Å². The van der Waals surface area contributed by atoms with E-state index >= 15 is 0 Å². The fraction of sp³-hybridized carbons (Fsp3) is 0.812. The summed E-state index contributed by atoms with van der Waals surface area (Å²) in [5.74, 6) is 1.84. The van der Waals surface area contributed by atoms with Crippen molar-refractivity contribution in [3.8, 4) is 0 Å². The van der Waals surface area contributed by atoms with Gasteiger partial charge in [0.2, 0.25) is 11.8 Å². The highest BCUT2D eigenvalue weighted by molar-refractivity contribution is 5.87. The molecule has 0 radical (unpaired) electrons. The zero-order valence-electron chi connectivity index (χ0n) is 13.6. The molecular weight excluding hydrogens is 280 g/mol. The largest absolute Gasteiger partial charge is 0.340 e. The van der Waals surface area contributed by atoms with Crippen LogP contribution in [-0.2, 0) is 15.6 Å². The Kier molecular flexibility index (Phi) is 2.78. The number of aromatic nitrogens is 2. The van der Waals surface area contributed by atoms with Crippen LogP contribution in [0.2, 0.25) is 0 Å². The molecule has 0 atom stereocenters. The summed E-state index contributed by atoms with van der Waals surface area (Å²) in [6, 6.07) is 0. The van der Waals surface area contributed by atoms with Gasteiger partial charge in [-0.15, -0.1) is 0 Å². The molecule has 6 nitrogen and oxygen atoms in total. The molecule has 2 heterocycles. The van der Waals surface area contributed by atoms with Gasteiger partial charge in [0, 0.05) is 31.6 Å². The summed E-state index contributed by atoms with van der Waals surface area (Å²) in [5.41, 5.74) is -0.243. The molecule has 3 aliphatic carbocycles. The molecule has 1 aromatic heterocycles. The number of carbonyl (C=O) groups excluding carboxylic acids is 1. The molecule has 1 N–H and O–H groups in total. The van der Waals surface area contributed by atoms with Crippen LogP contribution in [0.25, 0.3) is 0 Å². The van der Waals surface area contributed by atoms with Crippen LogP contribution < -0.4 is 5.32 Å². The number of hydrogen-bond acceptors (Lipinski definition) is 5. The van der Waals surface area contributed by atoms with E-state index in [1.165, 1.54) is 0 Å². The summed E-state index contributed by atoms with van der Waals surface area (Å²) in [7, 11) is 0. The smallest absolute Gasteiger partial charge is 0.232 e. The van der Waals surface area contributed by atoms with Crippen molar-refractivity contribution in [1.29, 1.82) is 0 Å². The monoisotopic (exact) mass is 304 g/mol. The van der Waals surface area contributed by atoms with Crippen molar-refractivity contribution in [2.45, 2.75) is 50.9 Å². The van der Waals surface area contributed by atoms with E-state index in [1.807, 2.05) is 4.90 Å². The van der Waals surface area contributed by atoms with E-state index in [2.05, 4.69) is 36.2 Å². The molecule has 2 bridgehead atoms. The number of amides is 1. The number of piperazine rings is 1. The summed E-state index contributed by atoms with van der Waals surface area (Å²) in [6.07, 6.45) is 2.65. The molecule has 1 amide bonds. The van der Waals surface area contributed by atoms with Gasteiger partial charge in [-0.1, -0.05) is 25.9 Å². The molecule has 120 valence electrons. The van der Waals surface area contributed by atoms with Gasteiger partial charge < -0.3 is 14.7 Å². The zero-order chi connectivity index (χ0) is 15.6. The maximum absolute atomic E-state index is 12.7. The van der Waals surface area contributed by atoms with Crippen LogP contribution in [0.1, 0.15) is 51.7 Å². The van der Waals surface area contributed by atoms with Crippen molar-refractivity contribution in [2.24, 2.45) is 5.41 Å². The van der Waals surface area contributed by atoms with Gasteiger partial charge in [-0.05, 0) is 19.3 Å². The quantitative estimate of drug-likeness (QED) is 0.889. The van der Waals surface area contributed by atoms with E-state index in [-0.39, 0.29) is 16.2 Å². The fourth-order valence-electron chi connectivity index (χ4n) is 4.19. The van der Waals surface area contributed by atoms with Crippen LogP contribution in [0.15, 0.2) is 4.52 Å². The highest BCUT2D eigenvalue weighted by Crippen LogP contribution is 2.73. The van der Waals surface area contributed by atoms with Gasteiger partial charge in [0.05, 0.1) is 10.8 Å². The Balaban J connectivity index is 1.45. The lowest BCUT2D eigenvalue weighted by atomic mass is 9.34. The van der Waals surface area contributed by atoms with Gasteiger partial charge in [-0.2, -0.15) is 4.98 Å². The Hall–Kier alpha value is -1.43. The highest BCUT2D eigenvalue weighted by atomic mass is 16.5. The van der Waals surface area contributed by atoms with Crippen molar-refractivity contribution < 1.29 is 9.32 Å². The lowest BCUT2D eigenvalue weighted by Gasteiger charge is -2.68. The third kappa shape index (κ3) is 1.86. The minimum absolute atomic E-state index is 0.0137. The molecule has 4 fully saturated rings. The van der Waals surface area contributed by atoms with Crippen LogP contribution in [-0.4, -0.2) is 47.1 Å². The lowest BCUT2D eigenvalue weighted by molar-refractivity contribution is -0.193. The van der Waals surface area contributed by atoms with Crippen molar-refractivity contribution in [3.05, 3.63) is 11.7 Å². The number of rotatable bonds is 2. The molecule has 22 heavy (non-hydrogen) atoms. The minimum atomic E-state index is -0.131. The first kappa shape index (κ1) is 14.2. The third-order valence-electron chi connectivity index (χ3n) is 5.44. The molecule has 3 saturated carbocycles. The average Bonchev–Trinajstić information content (AvgIpc) is 2.86. The number of carbonyl (C=O) groups is 1. The first-order valence-electron chi connectivity index (χ1n) is 8.20. The van der Waals surface area contributed by atoms with Crippen LogP contribution in [0.4, 0.5) is 0 Å². The van der Waals surface area contributed by atoms with E-state index < -0.39 is 0 Å². The number of hydrogen-bond donors (Lipinski definition) is 1. The number of nitrogens with one attached hydrogen (secondary N) is 1. The first-order valence-corrected chi connectivity index (χ1v) is 8.20. The van der Waals surface area contributed by atoms with Gasteiger partial charge in [0.1, 0.15) is 0 Å². The van der Waals surface area contributed by atoms with Crippen molar-refractivity contribution in [3.63, 3.8) is 0 Å². The molecule has 0 spiro atoms. The predicted molar refractivity (Wildman–Crippen MR) is 80.4 cm³/mol. The lowest BCUT2D eigenvalue weighted by Crippen LogP contribution is -2.71. The average molecular weight is 304 g/mol. The van der Waals surface area contributed by atoms with Crippen molar-refractivity contribution >= 4 is 5.91 Å². The van der Waals surface area contributed by atoms with Crippen LogP contribution >= 0.6 is 0 Å². The molecule has 0 unspecified atom stereocenters. The zero-order valence-corrected chi connectivity index (χ0v) is 13.6. The van der Waals surface area contributed by atoms with Crippen LogP contribution in [0.3, 0.4) is 0 Å². The molecule has 4 aliphatic rings. The maximum atomic E-state index is 12.7. The third-order valence-corrected chi connectivity index (χ3v) is 5.44. The molecule has 1 aromatic rings. The molecule has 1 aliphatic heterocycles. The summed E-state index contributed by atoms with van der Waals surface area (Å²) < 4.78 is 5.51. The van der Waals surface area contributed by atoms with Gasteiger partial charge >= 0.3 is 0 Å². The topological polar surface area (TPSA) is 71.3 Å². The van der Waals surface area contributed by atoms with Crippen molar-refractivity contribution in [2.75, 3.05) is 26.2 Å². The Morgan fingerprint density at radius 3 is 2.41 bits per heavy atom.